The Morgan fingerprint density at radius 2 is 2.00 bits per heavy atom. The number of carbonyl (C=O) groups is 2. The molecule has 1 atom stereocenters. The molecule has 0 heterocycles. The van der Waals surface area contributed by atoms with E-state index in [-0.39, 0.29) is 0 Å². The Morgan fingerprint density at radius 1 is 1.62 bits per heavy atom. The molecule has 0 fully saturated rings. The molecular formula is C4H6O3S. The number of rotatable bonds is 2. The number of hydrogen-bond donors (Lipinski definition) is 2. The normalized spacial score (nSPS) is 12.8. The summed E-state index contributed by atoms with van der Waals surface area (Å²) in [5.41, 5.74) is 0. The maximum atomic E-state index is 10.1. The maximum absolute atomic E-state index is 10.1. The average Bonchev–Trinajstić information content (AvgIpc) is 1.64. The Balaban J connectivity index is 3.83. The fraction of sp³-hybridized carbons (Fsp3) is 0.500. The van der Waals surface area contributed by atoms with E-state index in [0.29, 0.717) is 0 Å². The van der Waals surface area contributed by atoms with Gasteiger partial charge in [0.1, 0.15) is 0 Å². The van der Waals surface area contributed by atoms with Gasteiger partial charge >= 0.3 is 5.97 Å². The van der Waals surface area contributed by atoms with Crippen molar-refractivity contribution in [2.75, 3.05) is 0 Å². The Kier molecular flexibility index (Phi) is 2.54. The molecule has 0 aliphatic heterocycles. The summed E-state index contributed by atoms with van der Waals surface area (Å²) in [7, 11) is 0. The Morgan fingerprint density at radius 3 is 2.00 bits per heavy atom. The molecule has 0 rings (SSSR count). The van der Waals surface area contributed by atoms with Crippen LogP contribution in [0.4, 0.5) is 0 Å². The van der Waals surface area contributed by atoms with Gasteiger partial charge < -0.3 is 5.11 Å². The van der Waals surface area contributed by atoms with Crippen LogP contribution in [-0.2, 0) is 9.59 Å². The van der Waals surface area contributed by atoms with Gasteiger partial charge in [0.25, 0.3) is 0 Å². The minimum Gasteiger partial charge on any atom is -0.480 e. The van der Waals surface area contributed by atoms with E-state index < -0.39 is 17.0 Å². The van der Waals surface area contributed by atoms with Crippen molar-refractivity contribution in [1.29, 1.82) is 0 Å². The third kappa shape index (κ3) is 1.97. The maximum Gasteiger partial charge on any atom is 0.323 e. The highest BCUT2D eigenvalue weighted by Crippen LogP contribution is 1.94. The minimum atomic E-state index is -1.19. The topological polar surface area (TPSA) is 54.4 Å². The van der Waals surface area contributed by atoms with Crippen molar-refractivity contribution in [2.45, 2.75) is 12.2 Å². The summed E-state index contributed by atoms with van der Waals surface area (Å²) in [6, 6.07) is 0. The van der Waals surface area contributed by atoms with Crippen LogP contribution in [0.25, 0.3) is 0 Å². The second-order valence-electron chi connectivity index (χ2n) is 1.35. The van der Waals surface area contributed by atoms with Crippen molar-refractivity contribution >= 4 is 24.4 Å². The van der Waals surface area contributed by atoms with Crippen LogP contribution in [0, 0.1) is 0 Å². The first-order valence-electron chi connectivity index (χ1n) is 1.97. The summed E-state index contributed by atoms with van der Waals surface area (Å²) in [4.78, 5) is 20.0. The van der Waals surface area contributed by atoms with Crippen molar-refractivity contribution < 1.29 is 14.7 Å². The second-order valence-corrected chi connectivity index (χ2v) is 1.87. The quantitative estimate of drug-likeness (QED) is 0.411. The molecule has 0 spiro atoms. The summed E-state index contributed by atoms with van der Waals surface area (Å²) < 4.78 is 0. The van der Waals surface area contributed by atoms with Crippen LogP contribution in [-0.4, -0.2) is 22.1 Å². The molecule has 0 bridgehead atoms. The molecule has 1 N–H and O–H groups in total. The number of carbonyl (C=O) groups excluding carboxylic acids is 1. The third-order valence-corrected chi connectivity index (χ3v) is 1.20. The third-order valence-electron chi connectivity index (χ3n) is 0.619. The number of hydrogen-bond acceptors (Lipinski definition) is 3. The zero-order valence-corrected chi connectivity index (χ0v) is 5.18. The zero-order chi connectivity index (χ0) is 6.73. The molecule has 3 nitrogen and oxygen atoms in total. The standard InChI is InChI=1S/C4H6O3S/c1-2(5)3(8)4(6)7/h3,8H,1H3,(H,6,7)/t3-/m0/s1. The molecule has 0 radical (unpaired) electrons. The van der Waals surface area contributed by atoms with Gasteiger partial charge in [-0.05, 0) is 6.92 Å². The van der Waals surface area contributed by atoms with Gasteiger partial charge in [-0.1, -0.05) is 0 Å². The number of aliphatic carboxylic acids is 1. The predicted molar refractivity (Wildman–Crippen MR) is 31.1 cm³/mol. The van der Waals surface area contributed by atoms with Gasteiger partial charge in [-0.25, -0.2) is 0 Å². The number of thiol groups is 1. The van der Waals surface area contributed by atoms with Crippen LogP contribution in [0.5, 0.6) is 0 Å². The first-order valence-corrected chi connectivity index (χ1v) is 2.48. The zero-order valence-electron chi connectivity index (χ0n) is 4.29. The highest BCUT2D eigenvalue weighted by atomic mass is 32.1. The summed E-state index contributed by atoms with van der Waals surface area (Å²) in [5.74, 6) is -1.64. The Bertz CT molecular complexity index is 106. The van der Waals surface area contributed by atoms with E-state index in [0.717, 1.165) is 0 Å². The molecule has 0 aliphatic carbocycles. The largest absolute Gasteiger partial charge is 0.480 e. The van der Waals surface area contributed by atoms with E-state index in [2.05, 4.69) is 12.6 Å². The van der Waals surface area contributed by atoms with E-state index in [1.807, 2.05) is 0 Å². The second kappa shape index (κ2) is 2.71. The predicted octanol–water partition coefficient (Wildman–Crippen LogP) is -0.0416. The number of carboxylic acids is 1. The lowest BCUT2D eigenvalue weighted by atomic mass is 10.3. The van der Waals surface area contributed by atoms with Gasteiger partial charge in [0.2, 0.25) is 0 Å². The molecule has 0 aromatic rings. The van der Waals surface area contributed by atoms with Crippen molar-refractivity contribution in [3.8, 4) is 0 Å². The van der Waals surface area contributed by atoms with E-state index in [9.17, 15) is 9.59 Å². The molecule has 46 valence electrons. The Hall–Kier alpha value is -0.510. The highest BCUT2D eigenvalue weighted by molar-refractivity contribution is 7.82. The average molecular weight is 134 g/mol. The monoisotopic (exact) mass is 134 g/mol. The fourth-order valence-corrected chi connectivity index (χ4v) is 0.174. The van der Waals surface area contributed by atoms with E-state index in [4.69, 9.17) is 5.11 Å². The first kappa shape index (κ1) is 7.49. The SMILES string of the molecule is CC(=O)[C@H](S)C(=O)O. The molecule has 8 heavy (non-hydrogen) atoms. The van der Waals surface area contributed by atoms with Gasteiger partial charge in [0.05, 0.1) is 0 Å². The molecule has 0 aliphatic rings. The molecule has 0 saturated carbocycles. The summed E-state index contributed by atoms with van der Waals surface area (Å²) >= 11 is 3.47. The van der Waals surface area contributed by atoms with Crippen LogP contribution in [0.2, 0.25) is 0 Å². The molecule has 4 heteroatoms. The van der Waals surface area contributed by atoms with Crippen LogP contribution >= 0.6 is 12.6 Å². The van der Waals surface area contributed by atoms with E-state index >= 15 is 0 Å². The van der Waals surface area contributed by atoms with Crippen LogP contribution < -0.4 is 0 Å². The van der Waals surface area contributed by atoms with Crippen LogP contribution in [0.3, 0.4) is 0 Å². The molecule has 0 amide bonds. The van der Waals surface area contributed by atoms with Crippen LogP contribution in [0.15, 0.2) is 0 Å². The Labute approximate surface area is 52.1 Å². The summed E-state index contributed by atoms with van der Waals surface area (Å²) in [5, 5.41) is 6.90. The van der Waals surface area contributed by atoms with Gasteiger partial charge in [0, 0.05) is 0 Å². The smallest absolute Gasteiger partial charge is 0.323 e. The first-order chi connectivity index (χ1) is 3.55. The van der Waals surface area contributed by atoms with Gasteiger partial charge in [-0.2, -0.15) is 12.6 Å². The molecule has 0 saturated heterocycles. The van der Waals surface area contributed by atoms with Gasteiger partial charge in [-0.15, -0.1) is 0 Å². The van der Waals surface area contributed by atoms with Gasteiger partial charge in [0.15, 0.2) is 11.0 Å². The lowest BCUT2D eigenvalue weighted by Gasteiger charge is -1.95. The van der Waals surface area contributed by atoms with Crippen molar-refractivity contribution in [1.82, 2.24) is 0 Å². The summed E-state index contributed by atoms with van der Waals surface area (Å²) in [6.45, 7) is 1.19. The van der Waals surface area contributed by atoms with Gasteiger partial charge in [-0.3, -0.25) is 9.59 Å². The van der Waals surface area contributed by atoms with Crippen molar-refractivity contribution in [3.63, 3.8) is 0 Å². The van der Waals surface area contributed by atoms with Crippen molar-refractivity contribution in [3.05, 3.63) is 0 Å². The highest BCUT2D eigenvalue weighted by Gasteiger charge is 2.15. The fourth-order valence-electron chi connectivity index (χ4n) is 0.174. The number of Topliss-reactive ketones (excluding diaryl/α,β-unsaturated/α-hetero) is 1. The van der Waals surface area contributed by atoms with Crippen LogP contribution in [0.1, 0.15) is 6.92 Å². The molecule has 0 aromatic heterocycles. The van der Waals surface area contributed by atoms with E-state index in [1.165, 1.54) is 6.92 Å². The molecular weight excluding hydrogens is 128 g/mol. The molecule has 0 unspecified atom stereocenters. The molecule has 0 aromatic carbocycles. The number of carboxylic acid groups (broad SMARTS) is 1. The lowest BCUT2D eigenvalue weighted by molar-refractivity contribution is -0.138. The number of ketones is 1. The lowest BCUT2D eigenvalue weighted by Crippen LogP contribution is -2.21. The summed E-state index contributed by atoms with van der Waals surface area (Å²) in [6.07, 6.45) is 0. The van der Waals surface area contributed by atoms with E-state index in [1.54, 1.807) is 0 Å². The minimum absolute atomic E-state index is 0.444. The van der Waals surface area contributed by atoms with Crippen molar-refractivity contribution in [2.24, 2.45) is 0 Å².